The zero-order chi connectivity index (χ0) is 10.8. The highest BCUT2D eigenvalue weighted by Gasteiger charge is 2.14. The zero-order valence-electron chi connectivity index (χ0n) is 8.61. The number of carbonyl (C=O) groups is 1. The lowest BCUT2D eigenvalue weighted by Gasteiger charge is -1.94. The third-order valence-corrected chi connectivity index (χ3v) is 1.99. The normalized spacial score (nSPS) is 10.5. The number of hydrogen-bond donors (Lipinski definition) is 0. The second-order valence-electron chi connectivity index (χ2n) is 3.21. The van der Waals surface area contributed by atoms with Crippen LogP contribution in [0.2, 0.25) is 0 Å². The van der Waals surface area contributed by atoms with Gasteiger partial charge in [0.15, 0.2) is 5.58 Å². The monoisotopic (exact) mass is 205 g/mol. The molecule has 0 bridgehead atoms. The number of aryl methyl sites for hydroxylation is 1. The van der Waals surface area contributed by atoms with Crippen LogP contribution in [0.5, 0.6) is 0 Å². The van der Waals surface area contributed by atoms with Gasteiger partial charge in [-0.1, -0.05) is 6.07 Å². The van der Waals surface area contributed by atoms with E-state index < -0.39 is 5.97 Å². The Balaban J connectivity index is 2.42. The third-order valence-electron chi connectivity index (χ3n) is 1.99. The Hall–Kier alpha value is -1.84. The van der Waals surface area contributed by atoms with Crippen LogP contribution < -0.4 is 0 Å². The predicted molar refractivity (Wildman–Crippen MR) is 54.7 cm³/mol. The molecule has 0 aliphatic rings. The SMILES string of the molecule is CCOC(=O)c1nc2ccc(C)cc2o1. The molecular weight excluding hydrogens is 194 g/mol. The summed E-state index contributed by atoms with van der Waals surface area (Å²) < 4.78 is 10.1. The van der Waals surface area contributed by atoms with E-state index in [1.54, 1.807) is 6.92 Å². The van der Waals surface area contributed by atoms with Crippen LogP contribution in [0.15, 0.2) is 22.6 Å². The highest BCUT2D eigenvalue weighted by atomic mass is 16.5. The zero-order valence-corrected chi connectivity index (χ0v) is 8.61. The number of ether oxygens (including phenoxy) is 1. The van der Waals surface area contributed by atoms with Crippen LogP contribution in [-0.2, 0) is 4.74 Å². The lowest BCUT2D eigenvalue weighted by Crippen LogP contribution is -2.04. The largest absolute Gasteiger partial charge is 0.459 e. The molecule has 15 heavy (non-hydrogen) atoms. The van der Waals surface area contributed by atoms with Crippen molar-refractivity contribution in [3.8, 4) is 0 Å². The van der Waals surface area contributed by atoms with Gasteiger partial charge in [-0.25, -0.2) is 9.78 Å². The van der Waals surface area contributed by atoms with Crippen LogP contribution in [0.3, 0.4) is 0 Å². The summed E-state index contributed by atoms with van der Waals surface area (Å²) in [6, 6.07) is 5.57. The summed E-state index contributed by atoms with van der Waals surface area (Å²) in [6.45, 7) is 4.01. The number of hydrogen-bond acceptors (Lipinski definition) is 4. The van der Waals surface area contributed by atoms with Gasteiger partial charge in [0.1, 0.15) is 5.52 Å². The summed E-state index contributed by atoms with van der Waals surface area (Å²) in [5.41, 5.74) is 2.34. The Morgan fingerprint density at radius 3 is 3.07 bits per heavy atom. The first-order valence-corrected chi connectivity index (χ1v) is 4.75. The minimum absolute atomic E-state index is 0.0115. The molecule has 2 rings (SSSR count). The number of esters is 1. The fourth-order valence-electron chi connectivity index (χ4n) is 1.31. The van der Waals surface area contributed by atoms with Crippen molar-refractivity contribution in [2.75, 3.05) is 6.61 Å². The Kier molecular flexibility index (Phi) is 2.41. The van der Waals surface area contributed by atoms with Gasteiger partial charge in [0.2, 0.25) is 0 Å². The molecule has 2 aromatic rings. The highest BCUT2D eigenvalue weighted by molar-refractivity contribution is 5.88. The molecule has 0 radical (unpaired) electrons. The fourth-order valence-corrected chi connectivity index (χ4v) is 1.31. The smallest absolute Gasteiger partial charge is 0.394 e. The summed E-state index contributed by atoms with van der Waals surface area (Å²) in [4.78, 5) is 15.4. The maximum absolute atomic E-state index is 11.3. The van der Waals surface area contributed by atoms with Gasteiger partial charge < -0.3 is 9.15 Å². The molecule has 0 amide bonds. The van der Waals surface area contributed by atoms with Gasteiger partial charge in [0, 0.05) is 0 Å². The first kappa shape index (κ1) is 9.71. The maximum atomic E-state index is 11.3. The van der Waals surface area contributed by atoms with Crippen molar-refractivity contribution < 1.29 is 13.9 Å². The quantitative estimate of drug-likeness (QED) is 0.706. The molecule has 1 aromatic carbocycles. The summed E-state index contributed by atoms with van der Waals surface area (Å²) in [5, 5.41) is 0. The minimum atomic E-state index is -0.522. The van der Waals surface area contributed by atoms with E-state index in [0.717, 1.165) is 5.56 Å². The van der Waals surface area contributed by atoms with Gasteiger partial charge in [-0.05, 0) is 31.5 Å². The minimum Gasteiger partial charge on any atom is -0.459 e. The van der Waals surface area contributed by atoms with Crippen molar-refractivity contribution in [2.45, 2.75) is 13.8 Å². The molecule has 0 atom stereocenters. The molecule has 0 saturated carbocycles. The van der Waals surface area contributed by atoms with Crippen LogP contribution >= 0.6 is 0 Å². The molecule has 0 unspecified atom stereocenters. The van der Waals surface area contributed by atoms with Gasteiger partial charge in [0.25, 0.3) is 0 Å². The Labute approximate surface area is 86.9 Å². The van der Waals surface area contributed by atoms with Crippen molar-refractivity contribution in [2.24, 2.45) is 0 Å². The second-order valence-corrected chi connectivity index (χ2v) is 3.21. The number of oxazole rings is 1. The molecule has 0 aliphatic carbocycles. The van der Waals surface area contributed by atoms with E-state index in [0.29, 0.717) is 17.7 Å². The first-order chi connectivity index (χ1) is 7.20. The topological polar surface area (TPSA) is 52.3 Å². The standard InChI is InChI=1S/C11H11NO3/c1-3-14-11(13)10-12-8-5-4-7(2)6-9(8)15-10/h4-6H,3H2,1-2H3. The summed E-state index contributed by atoms with van der Waals surface area (Å²) in [7, 11) is 0. The average molecular weight is 205 g/mol. The Morgan fingerprint density at radius 2 is 2.33 bits per heavy atom. The van der Waals surface area contributed by atoms with Crippen molar-refractivity contribution in [3.63, 3.8) is 0 Å². The molecule has 78 valence electrons. The number of rotatable bonds is 2. The van der Waals surface area contributed by atoms with Crippen LogP contribution in [0.1, 0.15) is 23.2 Å². The van der Waals surface area contributed by atoms with Gasteiger partial charge >= 0.3 is 11.9 Å². The number of carbonyl (C=O) groups excluding carboxylic acids is 1. The van der Waals surface area contributed by atoms with Gasteiger partial charge in [-0.3, -0.25) is 0 Å². The Morgan fingerprint density at radius 1 is 1.53 bits per heavy atom. The summed E-state index contributed by atoms with van der Waals surface area (Å²) >= 11 is 0. The number of fused-ring (bicyclic) bond motifs is 1. The average Bonchev–Trinajstić information content (AvgIpc) is 2.60. The molecule has 1 heterocycles. The van der Waals surface area contributed by atoms with E-state index in [-0.39, 0.29) is 5.89 Å². The van der Waals surface area contributed by atoms with E-state index >= 15 is 0 Å². The molecule has 0 saturated heterocycles. The second kappa shape index (κ2) is 3.73. The highest BCUT2D eigenvalue weighted by Crippen LogP contribution is 2.17. The van der Waals surface area contributed by atoms with E-state index in [4.69, 9.17) is 9.15 Å². The van der Waals surface area contributed by atoms with Crippen LogP contribution in [0.25, 0.3) is 11.1 Å². The van der Waals surface area contributed by atoms with Crippen LogP contribution in [0.4, 0.5) is 0 Å². The first-order valence-electron chi connectivity index (χ1n) is 4.75. The third kappa shape index (κ3) is 1.83. The summed E-state index contributed by atoms with van der Waals surface area (Å²) in [6.07, 6.45) is 0. The van der Waals surface area contributed by atoms with Crippen molar-refractivity contribution in [1.82, 2.24) is 4.98 Å². The predicted octanol–water partition coefficient (Wildman–Crippen LogP) is 2.31. The number of aromatic nitrogens is 1. The van der Waals surface area contributed by atoms with E-state index in [9.17, 15) is 4.79 Å². The number of benzene rings is 1. The van der Waals surface area contributed by atoms with Gasteiger partial charge in [-0.15, -0.1) is 0 Å². The van der Waals surface area contributed by atoms with E-state index in [1.165, 1.54) is 0 Å². The Bertz CT molecular complexity index is 502. The molecule has 0 spiro atoms. The van der Waals surface area contributed by atoms with Gasteiger partial charge in [0.05, 0.1) is 6.61 Å². The van der Waals surface area contributed by atoms with Crippen molar-refractivity contribution >= 4 is 17.1 Å². The summed E-state index contributed by atoms with van der Waals surface area (Å²) in [5.74, 6) is -0.510. The molecule has 0 aliphatic heterocycles. The maximum Gasteiger partial charge on any atom is 0.394 e. The molecular formula is C11H11NO3. The lowest BCUT2D eigenvalue weighted by atomic mass is 10.2. The van der Waals surface area contributed by atoms with Crippen LogP contribution in [0, 0.1) is 6.92 Å². The van der Waals surface area contributed by atoms with E-state index in [2.05, 4.69) is 4.98 Å². The van der Waals surface area contributed by atoms with Crippen LogP contribution in [-0.4, -0.2) is 17.6 Å². The van der Waals surface area contributed by atoms with Crippen molar-refractivity contribution in [3.05, 3.63) is 29.7 Å². The molecule has 1 aromatic heterocycles. The lowest BCUT2D eigenvalue weighted by molar-refractivity contribution is 0.0483. The van der Waals surface area contributed by atoms with Gasteiger partial charge in [-0.2, -0.15) is 0 Å². The molecule has 0 fully saturated rings. The molecule has 4 heteroatoms. The molecule has 4 nitrogen and oxygen atoms in total. The van der Waals surface area contributed by atoms with Crippen molar-refractivity contribution in [1.29, 1.82) is 0 Å². The van der Waals surface area contributed by atoms with E-state index in [1.807, 2.05) is 25.1 Å². The number of nitrogens with zero attached hydrogens (tertiary/aromatic N) is 1. The fraction of sp³-hybridized carbons (Fsp3) is 0.273. The molecule has 0 N–H and O–H groups in total.